The molecule has 2 aromatic heterocycles. The average Bonchev–Trinajstić information content (AvgIpc) is 3.06. The summed E-state index contributed by atoms with van der Waals surface area (Å²) in [5.41, 5.74) is 5.30. The van der Waals surface area contributed by atoms with Crippen molar-refractivity contribution in [2.24, 2.45) is 5.73 Å². The van der Waals surface area contributed by atoms with Gasteiger partial charge in [-0.1, -0.05) is 11.2 Å². The summed E-state index contributed by atoms with van der Waals surface area (Å²) in [6.07, 6.45) is 1.73. The van der Waals surface area contributed by atoms with Crippen LogP contribution < -0.4 is 11.1 Å². The number of thiophene rings is 1. The Kier molecular flexibility index (Phi) is 7.21. The SMILES string of the molecule is Cl.NCCNC(=O)CCCc1nc(-c2cccs2)no1. The number of carbonyl (C=O) groups is 1. The van der Waals surface area contributed by atoms with E-state index in [0.29, 0.717) is 44.1 Å². The van der Waals surface area contributed by atoms with Crippen LogP contribution in [0.15, 0.2) is 22.0 Å². The van der Waals surface area contributed by atoms with Crippen LogP contribution in [0.3, 0.4) is 0 Å². The van der Waals surface area contributed by atoms with Crippen LogP contribution >= 0.6 is 23.7 Å². The topological polar surface area (TPSA) is 94.0 Å². The Hall–Kier alpha value is -1.44. The minimum absolute atomic E-state index is 0. The number of hydrogen-bond acceptors (Lipinski definition) is 6. The van der Waals surface area contributed by atoms with Crippen molar-refractivity contribution >= 4 is 29.7 Å². The largest absolute Gasteiger partial charge is 0.355 e. The highest BCUT2D eigenvalue weighted by Gasteiger charge is 2.09. The molecule has 0 aliphatic rings. The summed E-state index contributed by atoms with van der Waals surface area (Å²) in [5.74, 6) is 1.18. The fourth-order valence-corrected chi connectivity index (χ4v) is 2.21. The molecule has 6 nitrogen and oxygen atoms in total. The van der Waals surface area contributed by atoms with Gasteiger partial charge in [-0.25, -0.2) is 0 Å². The molecule has 0 fully saturated rings. The van der Waals surface area contributed by atoms with Gasteiger partial charge in [0.05, 0.1) is 4.88 Å². The predicted octanol–water partition coefficient (Wildman–Crippen LogP) is 1.62. The summed E-state index contributed by atoms with van der Waals surface area (Å²) >= 11 is 1.57. The zero-order valence-corrected chi connectivity index (χ0v) is 12.5. The monoisotopic (exact) mass is 316 g/mol. The Labute approximate surface area is 127 Å². The smallest absolute Gasteiger partial charge is 0.226 e. The molecule has 0 saturated heterocycles. The maximum absolute atomic E-state index is 11.4. The number of hydrogen-bond donors (Lipinski definition) is 2. The average molecular weight is 317 g/mol. The number of aromatic nitrogens is 2. The van der Waals surface area contributed by atoms with E-state index in [1.807, 2.05) is 17.5 Å². The van der Waals surface area contributed by atoms with Crippen molar-refractivity contribution in [3.63, 3.8) is 0 Å². The van der Waals surface area contributed by atoms with Gasteiger partial charge in [-0.05, 0) is 17.9 Å². The van der Waals surface area contributed by atoms with Gasteiger partial charge < -0.3 is 15.6 Å². The molecule has 2 aromatic rings. The fraction of sp³-hybridized carbons (Fsp3) is 0.417. The molecule has 3 N–H and O–H groups in total. The second kappa shape index (κ2) is 8.68. The Bertz CT molecular complexity index is 515. The van der Waals surface area contributed by atoms with Gasteiger partial charge in [0.1, 0.15) is 0 Å². The minimum atomic E-state index is 0. The lowest BCUT2D eigenvalue weighted by Crippen LogP contribution is -2.28. The summed E-state index contributed by atoms with van der Waals surface area (Å²) in [5, 5.41) is 8.60. The summed E-state index contributed by atoms with van der Waals surface area (Å²) in [6, 6.07) is 3.89. The Morgan fingerprint density at radius 2 is 2.35 bits per heavy atom. The number of nitrogens with two attached hydrogens (primary N) is 1. The van der Waals surface area contributed by atoms with Crippen molar-refractivity contribution in [2.75, 3.05) is 13.1 Å². The van der Waals surface area contributed by atoms with Gasteiger partial charge in [0, 0.05) is 25.9 Å². The number of amides is 1. The van der Waals surface area contributed by atoms with Crippen LogP contribution in [0.2, 0.25) is 0 Å². The molecule has 2 heterocycles. The van der Waals surface area contributed by atoms with Crippen molar-refractivity contribution in [1.82, 2.24) is 15.5 Å². The first-order chi connectivity index (χ1) is 9.29. The highest BCUT2D eigenvalue weighted by molar-refractivity contribution is 7.13. The molecule has 0 spiro atoms. The second-order valence-electron chi connectivity index (χ2n) is 3.98. The number of halogens is 1. The van der Waals surface area contributed by atoms with Crippen LogP contribution in [-0.4, -0.2) is 29.1 Å². The van der Waals surface area contributed by atoms with Gasteiger partial charge in [0.15, 0.2) is 0 Å². The van der Waals surface area contributed by atoms with Gasteiger partial charge in [-0.2, -0.15) is 4.98 Å². The van der Waals surface area contributed by atoms with E-state index in [4.69, 9.17) is 10.3 Å². The molecule has 1 amide bonds. The van der Waals surface area contributed by atoms with Crippen LogP contribution in [0, 0.1) is 0 Å². The quantitative estimate of drug-likeness (QED) is 0.809. The molecular formula is C12H17ClN4O2S. The van der Waals surface area contributed by atoms with Crippen molar-refractivity contribution in [1.29, 1.82) is 0 Å². The molecule has 2 rings (SSSR count). The third-order valence-corrected chi connectivity index (χ3v) is 3.34. The molecule has 0 saturated carbocycles. The molecule has 0 bridgehead atoms. The van der Waals surface area contributed by atoms with E-state index in [-0.39, 0.29) is 18.3 Å². The molecular weight excluding hydrogens is 300 g/mol. The molecule has 0 aliphatic carbocycles. The fourth-order valence-electron chi connectivity index (χ4n) is 1.56. The van der Waals surface area contributed by atoms with Crippen LogP contribution in [0.1, 0.15) is 18.7 Å². The van der Waals surface area contributed by atoms with E-state index in [2.05, 4.69) is 15.5 Å². The third kappa shape index (κ3) is 4.92. The highest BCUT2D eigenvalue weighted by Crippen LogP contribution is 2.21. The Balaban J connectivity index is 0.00000200. The molecule has 0 atom stereocenters. The Morgan fingerprint density at radius 3 is 3.05 bits per heavy atom. The first-order valence-electron chi connectivity index (χ1n) is 6.13. The molecule has 0 aliphatic heterocycles. The van der Waals surface area contributed by atoms with Crippen molar-refractivity contribution in [3.05, 3.63) is 23.4 Å². The van der Waals surface area contributed by atoms with Crippen LogP contribution in [0.25, 0.3) is 10.7 Å². The number of nitrogens with zero attached hydrogens (tertiary/aromatic N) is 2. The normalized spacial score (nSPS) is 10.1. The van der Waals surface area contributed by atoms with Crippen molar-refractivity contribution in [2.45, 2.75) is 19.3 Å². The zero-order valence-electron chi connectivity index (χ0n) is 10.9. The lowest BCUT2D eigenvalue weighted by molar-refractivity contribution is -0.121. The number of nitrogens with one attached hydrogen (secondary N) is 1. The lowest BCUT2D eigenvalue weighted by Gasteiger charge is -2.01. The Morgan fingerprint density at radius 1 is 1.50 bits per heavy atom. The lowest BCUT2D eigenvalue weighted by atomic mass is 10.2. The predicted molar refractivity (Wildman–Crippen MR) is 79.9 cm³/mol. The highest BCUT2D eigenvalue weighted by atomic mass is 35.5. The van der Waals surface area contributed by atoms with E-state index >= 15 is 0 Å². The number of carbonyl (C=O) groups excluding carboxylic acids is 1. The van der Waals surface area contributed by atoms with E-state index in [1.165, 1.54) is 0 Å². The first-order valence-corrected chi connectivity index (χ1v) is 7.01. The van der Waals surface area contributed by atoms with E-state index in [0.717, 1.165) is 4.88 Å². The van der Waals surface area contributed by atoms with E-state index in [9.17, 15) is 4.79 Å². The maximum Gasteiger partial charge on any atom is 0.226 e. The molecule has 0 unspecified atom stereocenters. The van der Waals surface area contributed by atoms with Crippen molar-refractivity contribution in [3.8, 4) is 10.7 Å². The zero-order chi connectivity index (χ0) is 13.5. The number of aryl methyl sites for hydroxylation is 1. The van der Waals surface area contributed by atoms with Gasteiger partial charge in [-0.3, -0.25) is 4.79 Å². The summed E-state index contributed by atoms with van der Waals surface area (Å²) in [4.78, 5) is 16.6. The number of rotatable bonds is 7. The second-order valence-corrected chi connectivity index (χ2v) is 4.93. The molecule has 20 heavy (non-hydrogen) atoms. The molecule has 0 aromatic carbocycles. The first kappa shape index (κ1) is 16.6. The van der Waals surface area contributed by atoms with Crippen LogP contribution in [-0.2, 0) is 11.2 Å². The molecule has 110 valence electrons. The van der Waals surface area contributed by atoms with Crippen molar-refractivity contribution < 1.29 is 9.32 Å². The maximum atomic E-state index is 11.4. The summed E-state index contributed by atoms with van der Waals surface area (Å²) in [7, 11) is 0. The van der Waals surface area contributed by atoms with Gasteiger partial charge in [0.2, 0.25) is 17.6 Å². The van der Waals surface area contributed by atoms with Crippen LogP contribution in [0.5, 0.6) is 0 Å². The third-order valence-electron chi connectivity index (χ3n) is 2.47. The summed E-state index contributed by atoms with van der Waals surface area (Å²) in [6.45, 7) is 0.974. The summed E-state index contributed by atoms with van der Waals surface area (Å²) < 4.78 is 5.15. The molecule has 0 radical (unpaired) electrons. The van der Waals surface area contributed by atoms with E-state index in [1.54, 1.807) is 11.3 Å². The van der Waals surface area contributed by atoms with Gasteiger partial charge in [0.25, 0.3) is 0 Å². The molecule has 8 heteroatoms. The van der Waals surface area contributed by atoms with Crippen LogP contribution in [0.4, 0.5) is 0 Å². The standard InChI is InChI=1S/C12H16N4O2S.ClH/c13-6-7-14-10(17)4-1-5-11-15-12(16-18-11)9-3-2-8-19-9;/h2-3,8H,1,4-7,13H2,(H,14,17);1H. The van der Waals surface area contributed by atoms with E-state index < -0.39 is 0 Å². The minimum Gasteiger partial charge on any atom is -0.355 e. The van der Waals surface area contributed by atoms with Gasteiger partial charge >= 0.3 is 0 Å². The van der Waals surface area contributed by atoms with Gasteiger partial charge in [-0.15, -0.1) is 23.7 Å².